The van der Waals surface area contributed by atoms with Crippen molar-refractivity contribution in [3.63, 3.8) is 0 Å². The fourth-order valence-electron chi connectivity index (χ4n) is 1.65. The molecule has 0 atom stereocenters. The number of hydrogen-bond donors (Lipinski definition) is 2. The van der Waals surface area contributed by atoms with Gasteiger partial charge in [-0.3, -0.25) is 9.59 Å². The molecule has 1 N–H and O–H groups in total. The molecular formula is C9H14O4S. The Kier molecular flexibility index (Phi) is 4.25. The van der Waals surface area contributed by atoms with E-state index in [1.165, 1.54) is 0 Å². The number of thiol groups is 1. The summed E-state index contributed by atoms with van der Waals surface area (Å²) in [7, 11) is 0. The van der Waals surface area contributed by atoms with E-state index in [1.54, 1.807) is 0 Å². The van der Waals surface area contributed by atoms with Gasteiger partial charge in [0, 0.05) is 0 Å². The van der Waals surface area contributed by atoms with E-state index in [2.05, 4.69) is 12.6 Å². The van der Waals surface area contributed by atoms with E-state index in [4.69, 9.17) is 9.84 Å². The van der Waals surface area contributed by atoms with E-state index in [0.717, 1.165) is 0 Å². The lowest BCUT2D eigenvalue weighted by atomic mass is 9.87. The van der Waals surface area contributed by atoms with Crippen molar-refractivity contribution in [3.8, 4) is 0 Å². The largest absolute Gasteiger partial charge is 0.481 e. The Morgan fingerprint density at radius 2 is 1.86 bits per heavy atom. The minimum atomic E-state index is -0.746. The zero-order valence-electron chi connectivity index (χ0n) is 7.81. The Morgan fingerprint density at radius 1 is 1.29 bits per heavy atom. The normalized spacial score (nSPS) is 26.9. The van der Waals surface area contributed by atoms with Crippen molar-refractivity contribution in [1.82, 2.24) is 0 Å². The molecule has 1 saturated carbocycles. The van der Waals surface area contributed by atoms with Crippen LogP contribution in [0.25, 0.3) is 0 Å². The zero-order chi connectivity index (χ0) is 10.6. The maximum absolute atomic E-state index is 10.9. The van der Waals surface area contributed by atoms with Gasteiger partial charge in [0.15, 0.2) is 0 Å². The van der Waals surface area contributed by atoms with Gasteiger partial charge < -0.3 is 9.84 Å². The van der Waals surface area contributed by atoms with Gasteiger partial charge in [-0.15, -0.1) is 0 Å². The van der Waals surface area contributed by atoms with Crippen molar-refractivity contribution in [1.29, 1.82) is 0 Å². The summed E-state index contributed by atoms with van der Waals surface area (Å²) in [6, 6.07) is 0. The van der Waals surface area contributed by atoms with Crippen molar-refractivity contribution >= 4 is 24.6 Å². The molecular weight excluding hydrogens is 204 g/mol. The maximum Gasteiger partial charge on any atom is 0.315 e. The second kappa shape index (κ2) is 5.24. The Bertz CT molecular complexity index is 221. The molecule has 1 rings (SSSR count). The van der Waals surface area contributed by atoms with Crippen LogP contribution in [-0.2, 0) is 14.3 Å². The number of aliphatic carboxylic acids is 1. The SMILES string of the molecule is O=C(CS)OC1CCC(C(=O)O)CC1. The fraction of sp³-hybridized carbons (Fsp3) is 0.778. The predicted octanol–water partition coefficient (Wildman–Crippen LogP) is 1.10. The summed E-state index contributed by atoms with van der Waals surface area (Å²) in [4.78, 5) is 21.5. The van der Waals surface area contributed by atoms with Crippen molar-refractivity contribution in [2.24, 2.45) is 5.92 Å². The van der Waals surface area contributed by atoms with Crippen molar-refractivity contribution < 1.29 is 19.4 Å². The number of carboxylic acid groups (broad SMARTS) is 1. The van der Waals surface area contributed by atoms with Crippen LogP contribution in [0.4, 0.5) is 0 Å². The highest BCUT2D eigenvalue weighted by Crippen LogP contribution is 2.26. The van der Waals surface area contributed by atoms with E-state index in [0.29, 0.717) is 25.7 Å². The van der Waals surface area contributed by atoms with Crippen molar-refractivity contribution in [2.45, 2.75) is 31.8 Å². The summed E-state index contributed by atoms with van der Waals surface area (Å²) < 4.78 is 5.06. The van der Waals surface area contributed by atoms with Crippen LogP contribution >= 0.6 is 12.6 Å². The number of hydrogen-bond acceptors (Lipinski definition) is 4. The van der Waals surface area contributed by atoms with E-state index < -0.39 is 5.97 Å². The van der Waals surface area contributed by atoms with Gasteiger partial charge in [-0.25, -0.2) is 0 Å². The highest BCUT2D eigenvalue weighted by atomic mass is 32.1. The monoisotopic (exact) mass is 218 g/mol. The quantitative estimate of drug-likeness (QED) is 0.550. The highest BCUT2D eigenvalue weighted by molar-refractivity contribution is 7.81. The predicted molar refractivity (Wildman–Crippen MR) is 53.3 cm³/mol. The fourth-order valence-corrected chi connectivity index (χ4v) is 1.73. The first-order valence-corrected chi connectivity index (χ1v) is 5.30. The summed E-state index contributed by atoms with van der Waals surface area (Å²) in [6.45, 7) is 0. The molecule has 0 heterocycles. The lowest BCUT2D eigenvalue weighted by Crippen LogP contribution is -2.28. The van der Waals surface area contributed by atoms with Gasteiger partial charge in [-0.05, 0) is 25.7 Å². The van der Waals surface area contributed by atoms with Gasteiger partial charge in [0.1, 0.15) is 6.10 Å². The molecule has 5 heteroatoms. The second-order valence-corrected chi connectivity index (χ2v) is 3.78. The van der Waals surface area contributed by atoms with E-state index in [9.17, 15) is 9.59 Å². The number of carbonyl (C=O) groups is 2. The lowest BCUT2D eigenvalue weighted by Gasteiger charge is -2.25. The van der Waals surface area contributed by atoms with E-state index >= 15 is 0 Å². The molecule has 0 bridgehead atoms. The maximum atomic E-state index is 10.9. The first kappa shape index (κ1) is 11.4. The van der Waals surface area contributed by atoms with Crippen molar-refractivity contribution in [2.75, 3.05) is 5.75 Å². The number of ether oxygens (including phenoxy) is 1. The van der Waals surface area contributed by atoms with Crippen LogP contribution < -0.4 is 0 Å². The molecule has 1 aliphatic rings. The van der Waals surface area contributed by atoms with Crippen LogP contribution in [-0.4, -0.2) is 28.9 Å². The molecule has 1 fully saturated rings. The molecule has 0 aromatic carbocycles. The molecule has 0 unspecified atom stereocenters. The van der Waals surface area contributed by atoms with Gasteiger partial charge in [-0.2, -0.15) is 12.6 Å². The Balaban J connectivity index is 2.29. The molecule has 4 nitrogen and oxygen atoms in total. The zero-order valence-corrected chi connectivity index (χ0v) is 8.70. The summed E-state index contributed by atoms with van der Waals surface area (Å²) >= 11 is 3.80. The van der Waals surface area contributed by atoms with Crippen LogP contribution in [0.15, 0.2) is 0 Å². The summed E-state index contributed by atoms with van der Waals surface area (Å²) in [6.07, 6.45) is 2.39. The van der Waals surface area contributed by atoms with E-state index in [1.807, 2.05) is 0 Å². The van der Waals surface area contributed by atoms with Gasteiger partial charge in [0.25, 0.3) is 0 Å². The average Bonchev–Trinajstić information content (AvgIpc) is 2.18. The van der Waals surface area contributed by atoms with Gasteiger partial charge in [0.2, 0.25) is 0 Å². The summed E-state index contributed by atoms with van der Waals surface area (Å²) in [5.74, 6) is -1.25. The average molecular weight is 218 g/mol. The number of esters is 1. The Hall–Kier alpha value is -0.710. The molecule has 0 aromatic heterocycles. The molecule has 0 aromatic rings. The molecule has 80 valence electrons. The highest BCUT2D eigenvalue weighted by Gasteiger charge is 2.27. The van der Waals surface area contributed by atoms with Crippen LogP contribution in [0.3, 0.4) is 0 Å². The van der Waals surface area contributed by atoms with Crippen molar-refractivity contribution in [3.05, 3.63) is 0 Å². The third-order valence-electron chi connectivity index (χ3n) is 2.45. The third kappa shape index (κ3) is 3.21. The number of carboxylic acids is 1. The molecule has 0 aliphatic heterocycles. The van der Waals surface area contributed by atoms with Crippen LogP contribution in [0.1, 0.15) is 25.7 Å². The Morgan fingerprint density at radius 3 is 2.29 bits per heavy atom. The summed E-state index contributed by atoms with van der Waals surface area (Å²) in [5.41, 5.74) is 0. The minimum Gasteiger partial charge on any atom is -0.481 e. The molecule has 0 spiro atoms. The van der Waals surface area contributed by atoms with Crippen LogP contribution in [0.5, 0.6) is 0 Å². The third-order valence-corrected chi connectivity index (χ3v) is 2.71. The first-order valence-electron chi connectivity index (χ1n) is 4.66. The van der Waals surface area contributed by atoms with Gasteiger partial charge in [0.05, 0.1) is 11.7 Å². The molecule has 0 amide bonds. The number of carbonyl (C=O) groups excluding carboxylic acids is 1. The molecule has 1 aliphatic carbocycles. The minimum absolute atomic E-state index is 0.0822. The molecule has 0 saturated heterocycles. The lowest BCUT2D eigenvalue weighted by molar-refractivity contribution is -0.149. The summed E-state index contributed by atoms with van der Waals surface area (Å²) in [5, 5.41) is 8.73. The molecule has 0 radical (unpaired) electrons. The van der Waals surface area contributed by atoms with E-state index in [-0.39, 0.29) is 23.7 Å². The van der Waals surface area contributed by atoms with Crippen LogP contribution in [0.2, 0.25) is 0 Å². The topological polar surface area (TPSA) is 63.6 Å². The smallest absolute Gasteiger partial charge is 0.315 e. The van der Waals surface area contributed by atoms with Gasteiger partial charge >= 0.3 is 11.9 Å². The van der Waals surface area contributed by atoms with Gasteiger partial charge in [-0.1, -0.05) is 0 Å². The molecule has 14 heavy (non-hydrogen) atoms. The Labute approximate surface area is 88.0 Å². The van der Waals surface area contributed by atoms with Crippen LogP contribution in [0, 0.1) is 5.92 Å². The number of rotatable bonds is 3. The first-order chi connectivity index (χ1) is 6.63. The standard InChI is InChI=1S/C9H14O4S/c10-8(5-14)13-7-3-1-6(2-4-7)9(11)12/h6-7,14H,1-5H2,(H,11,12). The second-order valence-electron chi connectivity index (χ2n) is 3.46.